The molecule has 84 valence electrons. The summed E-state index contributed by atoms with van der Waals surface area (Å²) < 4.78 is 0. The number of alkyl halides is 1. The molecular formula is C10H20ClNO2. The van der Waals surface area contributed by atoms with Gasteiger partial charge in [0.15, 0.2) is 0 Å². The van der Waals surface area contributed by atoms with Gasteiger partial charge in [0.25, 0.3) is 0 Å². The molecule has 1 unspecified atom stereocenters. The summed E-state index contributed by atoms with van der Waals surface area (Å²) in [6.45, 7) is 2.09. The number of rotatable bonds is 9. The maximum Gasteiger partial charge on any atom is 0.220 e. The van der Waals surface area contributed by atoms with E-state index in [0.29, 0.717) is 0 Å². The summed E-state index contributed by atoms with van der Waals surface area (Å²) in [4.78, 5) is 9.77. The van der Waals surface area contributed by atoms with Crippen LogP contribution in [0.15, 0.2) is 0 Å². The monoisotopic (exact) mass is 221 g/mol. The second-order valence-electron chi connectivity index (χ2n) is 3.67. The molecule has 0 saturated heterocycles. The number of hydrogen-bond donors (Lipinski definition) is 0. The van der Waals surface area contributed by atoms with Crippen LogP contribution < -0.4 is 0 Å². The lowest BCUT2D eigenvalue weighted by Crippen LogP contribution is -2.13. The Labute approximate surface area is 91.0 Å². The van der Waals surface area contributed by atoms with Gasteiger partial charge in [0.05, 0.1) is 5.38 Å². The first-order valence-corrected chi connectivity index (χ1v) is 5.86. The van der Waals surface area contributed by atoms with Crippen molar-refractivity contribution in [3.63, 3.8) is 0 Å². The van der Waals surface area contributed by atoms with Crippen molar-refractivity contribution >= 4 is 11.6 Å². The van der Waals surface area contributed by atoms with E-state index >= 15 is 0 Å². The summed E-state index contributed by atoms with van der Waals surface area (Å²) in [6, 6.07) is 0. The largest absolute Gasteiger partial charge is 0.264 e. The molecule has 0 bridgehead atoms. The van der Waals surface area contributed by atoms with E-state index in [4.69, 9.17) is 11.6 Å². The zero-order valence-corrected chi connectivity index (χ0v) is 9.63. The maximum absolute atomic E-state index is 10.1. The van der Waals surface area contributed by atoms with Gasteiger partial charge in [0.1, 0.15) is 0 Å². The molecule has 0 N–H and O–H groups in total. The lowest BCUT2D eigenvalue weighted by molar-refractivity contribution is -0.479. The highest BCUT2D eigenvalue weighted by atomic mass is 35.5. The third-order valence-electron chi connectivity index (χ3n) is 2.22. The van der Waals surface area contributed by atoms with Gasteiger partial charge in [-0.3, -0.25) is 10.1 Å². The van der Waals surface area contributed by atoms with Crippen molar-refractivity contribution in [2.45, 2.75) is 57.2 Å². The van der Waals surface area contributed by atoms with E-state index in [0.717, 1.165) is 19.3 Å². The SMILES string of the molecule is CCCCCCCCC(Cl)C[N+](=O)[O-]. The topological polar surface area (TPSA) is 43.1 Å². The van der Waals surface area contributed by atoms with E-state index in [2.05, 4.69) is 6.92 Å². The highest BCUT2D eigenvalue weighted by molar-refractivity contribution is 6.20. The Kier molecular flexibility index (Phi) is 9.05. The standard InChI is InChI=1S/C10H20ClNO2/c1-2-3-4-5-6-7-8-10(11)9-12(13)14/h10H,2-9H2,1H3. The van der Waals surface area contributed by atoms with E-state index in [-0.39, 0.29) is 16.8 Å². The molecule has 0 aromatic heterocycles. The van der Waals surface area contributed by atoms with E-state index in [9.17, 15) is 10.1 Å². The van der Waals surface area contributed by atoms with Crippen molar-refractivity contribution < 1.29 is 4.92 Å². The fraction of sp³-hybridized carbons (Fsp3) is 1.00. The van der Waals surface area contributed by atoms with Crippen LogP contribution in [0.2, 0.25) is 0 Å². The van der Waals surface area contributed by atoms with Crippen molar-refractivity contribution in [3.05, 3.63) is 10.1 Å². The summed E-state index contributed by atoms with van der Waals surface area (Å²) in [5.74, 6) is 0. The van der Waals surface area contributed by atoms with Crippen molar-refractivity contribution in [1.82, 2.24) is 0 Å². The fourth-order valence-corrected chi connectivity index (χ4v) is 1.67. The summed E-state index contributed by atoms with van der Waals surface area (Å²) in [7, 11) is 0. The van der Waals surface area contributed by atoms with Crippen LogP contribution in [0.5, 0.6) is 0 Å². The second kappa shape index (κ2) is 9.25. The molecule has 0 aromatic rings. The molecule has 0 aromatic carbocycles. The van der Waals surface area contributed by atoms with Gasteiger partial charge in [-0.15, -0.1) is 11.6 Å². The number of unbranched alkanes of at least 4 members (excludes halogenated alkanes) is 5. The molecule has 0 amide bonds. The Balaban J connectivity index is 3.14. The zero-order chi connectivity index (χ0) is 10.8. The molecule has 0 aliphatic carbocycles. The van der Waals surface area contributed by atoms with E-state index in [1.54, 1.807) is 0 Å². The van der Waals surface area contributed by atoms with Crippen LogP contribution in [-0.2, 0) is 0 Å². The fourth-order valence-electron chi connectivity index (χ4n) is 1.40. The number of halogens is 1. The predicted octanol–water partition coefficient (Wildman–Crippen LogP) is 3.62. The molecule has 1 atom stereocenters. The van der Waals surface area contributed by atoms with Gasteiger partial charge in [-0.2, -0.15) is 0 Å². The summed E-state index contributed by atoms with van der Waals surface area (Å²) >= 11 is 5.77. The van der Waals surface area contributed by atoms with E-state index < -0.39 is 0 Å². The molecule has 0 saturated carbocycles. The van der Waals surface area contributed by atoms with Crippen molar-refractivity contribution in [2.75, 3.05) is 6.54 Å². The van der Waals surface area contributed by atoms with Gasteiger partial charge in [-0.25, -0.2) is 0 Å². The molecule has 0 aliphatic rings. The summed E-state index contributed by atoms with van der Waals surface area (Å²) in [6.07, 6.45) is 7.99. The van der Waals surface area contributed by atoms with Gasteiger partial charge in [0.2, 0.25) is 6.54 Å². The average Bonchev–Trinajstić information content (AvgIpc) is 2.10. The molecule has 0 heterocycles. The molecule has 3 nitrogen and oxygen atoms in total. The lowest BCUT2D eigenvalue weighted by Gasteiger charge is -2.04. The van der Waals surface area contributed by atoms with Crippen LogP contribution in [0, 0.1) is 10.1 Å². The number of nitro groups is 1. The lowest BCUT2D eigenvalue weighted by atomic mass is 10.1. The third kappa shape index (κ3) is 9.78. The molecule has 0 fully saturated rings. The Morgan fingerprint density at radius 3 is 2.36 bits per heavy atom. The first-order chi connectivity index (χ1) is 6.66. The van der Waals surface area contributed by atoms with Crippen LogP contribution in [0.1, 0.15) is 51.9 Å². The smallest absolute Gasteiger partial charge is 0.220 e. The van der Waals surface area contributed by atoms with E-state index in [1.165, 1.54) is 25.7 Å². The molecule has 14 heavy (non-hydrogen) atoms. The Morgan fingerprint density at radius 1 is 1.21 bits per heavy atom. The normalized spacial score (nSPS) is 12.7. The summed E-state index contributed by atoms with van der Waals surface area (Å²) in [5, 5.41) is 9.82. The van der Waals surface area contributed by atoms with Crippen molar-refractivity contribution in [1.29, 1.82) is 0 Å². The van der Waals surface area contributed by atoms with Gasteiger partial charge in [-0.1, -0.05) is 45.4 Å². The van der Waals surface area contributed by atoms with Crippen LogP contribution in [0.3, 0.4) is 0 Å². The van der Waals surface area contributed by atoms with E-state index in [1.807, 2.05) is 0 Å². The quantitative estimate of drug-likeness (QED) is 0.258. The predicted molar refractivity (Wildman–Crippen MR) is 59.5 cm³/mol. The molecule has 0 radical (unpaired) electrons. The number of nitrogens with zero attached hydrogens (tertiary/aromatic N) is 1. The average molecular weight is 222 g/mol. The van der Waals surface area contributed by atoms with Crippen molar-refractivity contribution in [2.24, 2.45) is 0 Å². The van der Waals surface area contributed by atoms with Gasteiger partial charge in [-0.05, 0) is 6.42 Å². The minimum Gasteiger partial charge on any atom is -0.264 e. The second-order valence-corrected chi connectivity index (χ2v) is 4.29. The third-order valence-corrected chi connectivity index (χ3v) is 2.57. The molecule has 0 aliphatic heterocycles. The van der Waals surface area contributed by atoms with Crippen LogP contribution in [-0.4, -0.2) is 16.8 Å². The van der Waals surface area contributed by atoms with Gasteiger partial charge in [0, 0.05) is 4.92 Å². The minimum absolute atomic E-state index is 0.101. The first-order valence-electron chi connectivity index (χ1n) is 5.42. The Bertz CT molecular complexity index is 153. The Hall–Kier alpha value is -0.310. The van der Waals surface area contributed by atoms with Crippen molar-refractivity contribution in [3.8, 4) is 0 Å². The van der Waals surface area contributed by atoms with Crippen LogP contribution in [0.4, 0.5) is 0 Å². The molecular weight excluding hydrogens is 202 g/mol. The highest BCUT2D eigenvalue weighted by Gasteiger charge is 2.10. The zero-order valence-electron chi connectivity index (χ0n) is 8.88. The summed E-state index contributed by atoms with van der Waals surface area (Å²) in [5.41, 5.74) is 0. The highest BCUT2D eigenvalue weighted by Crippen LogP contribution is 2.11. The minimum atomic E-state index is -0.339. The van der Waals surface area contributed by atoms with Gasteiger partial charge >= 0.3 is 0 Å². The molecule has 0 spiro atoms. The molecule has 0 rings (SSSR count). The number of hydrogen-bond acceptors (Lipinski definition) is 2. The Morgan fingerprint density at radius 2 is 1.79 bits per heavy atom. The first kappa shape index (κ1) is 13.7. The maximum atomic E-state index is 10.1. The van der Waals surface area contributed by atoms with Gasteiger partial charge < -0.3 is 0 Å². The molecule has 4 heteroatoms. The van der Waals surface area contributed by atoms with Crippen LogP contribution >= 0.6 is 11.6 Å². The van der Waals surface area contributed by atoms with Crippen LogP contribution in [0.25, 0.3) is 0 Å².